The van der Waals surface area contributed by atoms with E-state index in [1.54, 1.807) is 0 Å². The van der Waals surface area contributed by atoms with Gasteiger partial charge in [0.2, 0.25) is 0 Å². The van der Waals surface area contributed by atoms with Gasteiger partial charge in [-0.2, -0.15) is 10.1 Å². The van der Waals surface area contributed by atoms with Crippen molar-refractivity contribution in [3.05, 3.63) is 28.6 Å². The molecule has 7 nitrogen and oxygen atoms in total. The van der Waals surface area contributed by atoms with Crippen molar-refractivity contribution < 1.29 is 9.90 Å². The van der Waals surface area contributed by atoms with E-state index in [1.165, 1.54) is 4.52 Å². The first kappa shape index (κ1) is 7.47. The van der Waals surface area contributed by atoms with Gasteiger partial charge in [-0.15, -0.1) is 0 Å². The van der Waals surface area contributed by atoms with Gasteiger partial charge in [0, 0.05) is 0 Å². The summed E-state index contributed by atoms with van der Waals surface area (Å²) in [5.41, 5.74) is -0.525. The van der Waals surface area contributed by atoms with Crippen molar-refractivity contribution in [2.75, 3.05) is 0 Å². The lowest BCUT2D eigenvalue weighted by Gasteiger charge is -1.90. The summed E-state index contributed by atoms with van der Waals surface area (Å²) in [5.74, 6) is -1.14. The zero-order valence-electron chi connectivity index (χ0n) is 6.26. The lowest BCUT2D eigenvalue weighted by atomic mass is 10.3. The molecule has 2 aromatic heterocycles. The Morgan fingerprint density at radius 1 is 1.62 bits per heavy atom. The maximum absolute atomic E-state index is 10.8. The molecule has 0 saturated heterocycles. The third-order valence-corrected chi connectivity index (χ3v) is 1.54. The van der Waals surface area contributed by atoms with Crippen LogP contribution in [0.5, 0.6) is 0 Å². The van der Waals surface area contributed by atoms with Crippen molar-refractivity contribution in [3.63, 3.8) is 0 Å². The van der Waals surface area contributed by atoms with E-state index in [9.17, 15) is 9.59 Å². The SMILES string of the molecule is O=C(O)c1cnn2cnc(=O)[nH]c12. The summed E-state index contributed by atoms with van der Waals surface area (Å²) in [4.78, 5) is 27.0. The number of hydrogen-bond donors (Lipinski definition) is 2. The zero-order chi connectivity index (χ0) is 9.42. The predicted molar refractivity (Wildman–Crippen MR) is 40.6 cm³/mol. The van der Waals surface area contributed by atoms with E-state index in [-0.39, 0.29) is 11.2 Å². The topological polar surface area (TPSA) is 100 Å². The van der Waals surface area contributed by atoms with Crippen LogP contribution >= 0.6 is 0 Å². The van der Waals surface area contributed by atoms with Crippen LogP contribution in [0.4, 0.5) is 0 Å². The fourth-order valence-corrected chi connectivity index (χ4v) is 0.972. The predicted octanol–water partition coefficient (Wildman–Crippen LogP) is -0.884. The van der Waals surface area contributed by atoms with Crippen molar-refractivity contribution in [1.29, 1.82) is 0 Å². The Labute approximate surface area is 70.7 Å². The number of rotatable bonds is 1. The van der Waals surface area contributed by atoms with Crippen LogP contribution < -0.4 is 5.69 Å². The monoisotopic (exact) mass is 180 g/mol. The average molecular weight is 180 g/mol. The Balaban J connectivity index is 2.86. The van der Waals surface area contributed by atoms with Crippen LogP contribution in [0.3, 0.4) is 0 Å². The molecule has 0 atom stereocenters. The molecule has 0 aromatic carbocycles. The Kier molecular flexibility index (Phi) is 1.38. The number of aromatic amines is 1. The molecule has 2 heterocycles. The van der Waals surface area contributed by atoms with Gasteiger partial charge in [-0.3, -0.25) is 4.98 Å². The van der Waals surface area contributed by atoms with E-state index in [1.807, 2.05) is 0 Å². The van der Waals surface area contributed by atoms with Gasteiger partial charge in [-0.05, 0) is 0 Å². The quantitative estimate of drug-likeness (QED) is 0.593. The molecule has 0 saturated carbocycles. The molecule has 0 spiro atoms. The highest BCUT2D eigenvalue weighted by Crippen LogP contribution is 2.03. The molecule has 13 heavy (non-hydrogen) atoms. The molecular formula is C6H4N4O3. The maximum Gasteiger partial charge on any atom is 0.348 e. The molecule has 2 N–H and O–H groups in total. The van der Waals surface area contributed by atoms with Gasteiger partial charge < -0.3 is 5.11 Å². The molecule has 7 heteroatoms. The highest BCUT2D eigenvalue weighted by molar-refractivity contribution is 5.93. The number of fused-ring (bicyclic) bond motifs is 1. The van der Waals surface area contributed by atoms with Crippen LogP contribution in [-0.2, 0) is 0 Å². The van der Waals surface area contributed by atoms with E-state index in [0.29, 0.717) is 0 Å². The third kappa shape index (κ3) is 1.06. The van der Waals surface area contributed by atoms with Crippen LogP contribution in [0.25, 0.3) is 5.65 Å². The normalized spacial score (nSPS) is 10.5. The van der Waals surface area contributed by atoms with Crippen molar-refractivity contribution in [3.8, 4) is 0 Å². The molecule has 0 amide bonds. The van der Waals surface area contributed by atoms with E-state index < -0.39 is 11.7 Å². The number of carboxylic acids is 1. The average Bonchev–Trinajstić information content (AvgIpc) is 2.46. The first-order valence-corrected chi connectivity index (χ1v) is 3.34. The molecule has 2 aromatic rings. The van der Waals surface area contributed by atoms with Gasteiger partial charge in [-0.1, -0.05) is 0 Å². The number of aromatic carboxylic acids is 1. The first-order chi connectivity index (χ1) is 6.18. The molecule has 0 aliphatic rings. The van der Waals surface area contributed by atoms with Crippen LogP contribution in [0.2, 0.25) is 0 Å². The Hall–Kier alpha value is -2.18. The standard InChI is InChI=1S/C6H4N4O3/c11-5(12)3-1-8-10-2-7-6(13)9-4(3)10/h1-2H,(H,9,13)(H,11,12). The Morgan fingerprint density at radius 2 is 2.38 bits per heavy atom. The van der Waals surface area contributed by atoms with Crippen LogP contribution in [-0.4, -0.2) is 30.7 Å². The fourth-order valence-electron chi connectivity index (χ4n) is 0.972. The summed E-state index contributed by atoms with van der Waals surface area (Å²) < 4.78 is 1.19. The summed E-state index contributed by atoms with van der Waals surface area (Å²) in [5, 5.41) is 12.4. The lowest BCUT2D eigenvalue weighted by molar-refractivity contribution is 0.0699. The van der Waals surface area contributed by atoms with Gasteiger partial charge in [-0.25, -0.2) is 14.1 Å². The summed E-state index contributed by atoms with van der Waals surface area (Å²) in [6, 6.07) is 0. The summed E-state index contributed by atoms with van der Waals surface area (Å²) >= 11 is 0. The number of aromatic nitrogens is 4. The van der Waals surface area contributed by atoms with Crippen molar-refractivity contribution in [2.24, 2.45) is 0 Å². The van der Waals surface area contributed by atoms with Crippen LogP contribution in [0.1, 0.15) is 10.4 Å². The number of hydrogen-bond acceptors (Lipinski definition) is 4. The fraction of sp³-hybridized carbons (Fsp3) is 0. The summed E-state index contributed by atoms with van der Waals surface area (Å²) in [6.07, 6.45) is 2.30. The second kappa shape index (κ2) is 2.41. The molecule has 0 fully saturated rings. The number of carbonyl (C=O) groups is 1. The largest absolute Gasteiger partial charge is 0.477 e. The zero-order valence-corrected chi connectivity index (χ0v) is 6.26. The van der Waals surface area contributed by atoms with Crippen molar-refractivity contribution in [1.82, 2.24) is 19.6 Å². The Bertz CT molecular complexity index is 526. The molecule has 0 aliphatic carbocycles. The smallest absolute Gasteiger partial charge is 0.348 e. The molecule has 66 valence electrons. The van der Waals surface area contributed by atoms with Gasteiger partial charge in [0.05, 0.1) is 6.20 Å². The van der Waals surface area contributed by atoms with Gasteiger partial charge in [0.15, 0.2) is 5.65 Å². The first-order valence-electron chi connectivity index (χ1n) is 3.34. The van der Waals surface area contributed by atoms with Crippen LogP contribution in [0, 0.1) is 0 Å². The molecule has 0 bridgehead atoms. The van der Waals surface area contributed by atoms with Crippen molar-refractivity contribution >= 4 is 11.6 Å². The van der Waals surface area contributed by atoms with Gasteiger partial charge >= 0.3 is 11.7 Å². The number of nitrogens with zero attached hydrogens (tertiary/aromatic N) is 3. The molecule has 0 aliphatic heterocycles. The minimum absolute atomic E-state index is 0.0560. The molecule has 0 radical (unpaired) electrons. The minimum Gasteiger partial charge on any atom is -0.477 e. The highest BCUT2D eigenvalue weighted by Gasteiger charge is 2.11. The van der Waals surface area contributed by atoms with Crippen LogP contribution in [0.15, 0.2) is 17.3 Å². The van der Waals surface area contributed by atoms with Crippen molar-refractivity contribution in [2.45, 2.75) is 0 Å². The maximum atomic E-state index is 10.8. The number of carboxylic acid groups (broad SMARTS) is 1. The molecular weight excluding hydrogens is 176 g/mol. The lowest BCUT2D eigenvalue weighted by Crippen LogP contribution is -2.13. The van der Waals surface area contributed by atoms with E-state index in [2.05, 4.69) is 15.1 Å². The third-order valence-electron chi connectivity index (χ3n) is 1.54. The number of nitrogens with one attached hydrogen (secondary N) is 1. The second-order valence-corrected chi connectivity index (χ2v) is 2.33. The van der Waals surface area contributed by atoms with E-state index >= 15 is 0 Å². The number of H-pyrrole nitrogens is 1. The summed E-state index contributed by atoms with van der Waals surface area (Å²) in [7, 11) is 0. The minimum atomic E-state index is -1.14. The van der Waals surface area contributed by atoms with Gasteiger partial charge in [0.25, 0.3) is 0 Å². The van der Waals surface area contributed by atoms with E-state index in [0.717, 1.165) is 12.5 Å². The van der Waals surface area contributed by atoms with E-state index in [4.69, 9.17) is 5.11 Å². The summed E-state index contributed by atoms with van der Waals surface area (Å²) in [6.45, 7) is 0. The second-order valence-electron chi connectivity index (χ2n) is 2.33. The van der Waals surface area contributed by atoms with Gasteiger partial charge in [0.1, 0.15) is 11.9 Å². The molecule has 0 unspecified atom stereocenters. The Morgan fingerprint density at radius 3 is 3.08 bits per heavy atom. The highest BCUT2D eigenvalue weighted by atomic mass is 16.4. The molecule has 2 rings (SSSR count).